The predicted molar refractivity (Wildman–Crippen MR) is 103 cm³/mol. The number of rotatable bonds is 8. The highest BCUT2D eigenvalue weighted by Gasteiger charge is 2.44. The monoisotopic (exact) mass is 357 g/mol. The van der Waals surface area contributed by atoms with Gasteiger partial charge in [0.25, 0.3) is 0 Å². The Morgan fingerprint density at radius 2 is 1.73 bits per heavy atom. The Labute approximate surface area is 156 Å². The average Bonchev–Trinajstić information content (AvgIpc) is 3.46. The summed E-state index contributed by atoms with van der Waals surface area (Å²) in [6.07, 6.45) is 9.25. The van der Waals surface area contributed by atoms with Crippen LogP contribution in [0.1, 0.15) is 63.4 Å². The molecule has 3 amide bonds. The highest BCUT2D eigenvalue weighted by molar-refractivity contribution is 5.76. The van der Waals surface area contributed by atoms with Crippen molar-refractivity contribution in [1.82, 2.24) is 16.0 Å². The molecule has 0 radical (unpaired) electrons. The molecule has 2 aliphatic rings. The fourth-order valence-electron chi connectivity index (χ4n) is 3.80. The van der Waals surface area contributed by atoms with E-state index in [1.165, 1.54) is 24.8 Å². The largest absolute Gasteiger partial charge is 0.355 e. The molecule has 0 atom stereocenters. The van der Waals surface area contributed by atoms with Crippen LogP contribution in [0.5, 0.6) is 0 Å². The molecule has 5 heteroatoms. The molecule has 26 heavy (non-hydrogen) atoms. The molecule has 3 N–H and O–H groups in total. The Bertz CT molecular complexity index is 593. The van der Waals surface area contributed by atoms with Gasteiger partial charge in [-0.25, -0.2) is 4.79 Å². The second-order valence-electron chi connectivity index (χ2n) is 7.76. The van der Waals surface area contributed by atoms with E-state index in [1.54, 1.807) is 0 Å². The molecule has 0 unspecified atom stereocenters. The van der Waals surface area contributed by atoms with Crippen LogP contribution >= 0.6 is 0 Å². The number of carbonyl (C=O) groups is 2. The fraction of sp³-hybridized carbons (Fsp3) is 0.619. The average molecular weight is 357 g/mol. The fourth-order valence-corrected chi connectivity index (χ4v) is 3.80. The van der Waals surface area contributed by atoms with Crippen LogP contribution in [0.4, 0.5) is 4.79 Å². The zero-order valence-corrected chi connectivity index (χ0v) is 15.6. The van der Waals surface area contributed by atoms with E-state index in [1.807, 2.05) is 6.07 Å². The van der Waals surface area contributed by atoms with E-state index in [9.17, 15) is 9.59 Å². The number of hydrogen-bond acceptors (Lipinski definition) is 2. The van der Waals surface area contributed by atoms with Gasteiger partial charge in [0.1, 0.15) is 0 Å². The van der Waals surface area contributed by atoms with Crippen molar-refractivity contribution in [3.05, 3.63) is 35.9 Å². The summed E-state index contributed by atoms with van der Waals surface area (Å²) in [5.74, 6) is 0.0710. The summed E-state index contributed by atoms with van der Waals surface area (Å²) < 4.78 is 0. The van der Waals surface area contributed by atoms with Gasteiger partial charge in [-0.05, 0) is 37.7 Å². The minimum atomic E-state index is -0.0988. The van der Waals surface area contributed by atoms with Gasteiger partial charge in [0.05, 0.1) is 0 Å². The Kier molecular flexibility index (Phi) is 6.53. The molecule has 5 nitrogen and oxygen atoms in total. The minimum Gasteiger partial charge on any atom is -0.355 e. The molecular weight excluding hydrogens is 326 g/mol. The third-order valence-corrected chi connectivity index (χ3v) is 5.67. The van der Waals surface area contributed by atoms with Gasteiger partial charge in [0.15, 0.2) is 0 Å². The first-order chi connectivity index (χ1) is 12.7. The summed E-state index contributed by atoms with van der Waals surface area (Å²) in [4.78, 5) is 23.9. The molecule has 0 heterocycles. The molecule has 3 rings (SSSR count). The Morgan fingerprint density at radius 1 is 1.00 bits per heavy atom. The lowest BCUT2D eigenvalue weighted by Crippen LogP contribution is -2.43. The highest BCUT2D eigenvalue weighted by Crippen LogP contribution is 2.47. The molecule has 2 aliphatic carbocycles. The van der Waals surface area contributed by atoms with Crippen LogP contribution in [0.3, 0.4) is 0 Å². The minimum absolute atomic E-state index is 0.0710. The zero-order chi connectivity index (χ0) is 18.2. The molecule has 2 fully saturated rings. The van der Waals surface area contributed by atoms with Gasteiger partial charge in [0, 0.05) is 31.0 Å². The lowest BCUT2D eigenvalue weighted by Gasteiger charge is -2.22. The van der Waals surface area contributed by atoms with Crippen molar-refractivity contribution in [3.8, 4) is 0 Å². The van der Waals surface area contributed by atoms with Crippen LogP contribution in [0.15, 0.2) is 30.3 Å². The molecule has 0 aromatic heterocycles. The SMILES string of the molecule is O=C(CCCNC(=O)NC1CCCCC1)NCC1(c2ccccc2)CC1. The zero-order valence-electron chi connectivity index (χ0n) is 15.6. The summed E-state index contributed by atoms with van der Waals surface area (Å²) in [6.45, 7) is 1.25. The summed E-state index contributed by atoms with van der Waals surface area (Å²) in [5.41, 5.74) is 1.47. The smallest absolute Gasteiger partial charge is 0.315 e. The maximum atomic E-state index is 12.1. The van der Waals surface area contributed by atoms with Crippen LogP contribution < -0.4 is 16.0 Å². The molecule has 1 aromatic rings. The Balaban J connectivity index is 1.27. The van der Waals surface area contributed by atoms with E-state index in [-0.39, 0.29) is 17.4 Å². The van der Waals surface area contributed by atoms with Crippen LogP contribution in [-0.2, 0) is 10.2 Å². The van der Waals surface area contributed by atoms with Crippen molar-refractivity contribution in [2.45, 2.75) is 69.2 Å². The second kappa shape index (κ2) is 9.06. The van der Waals surface area contributed by atoms with Gasteiger partial charge >= 0.3 is 6.03 Å². The molecule has 2 saturated carbocycles. The lowest BCUT2D eigenvalue weighted by molar-refractivity contribution is -0.121. The number of nitrogens with one attached hydrogen (secondary N) is 3. The van der Waals surface area contributed by atoms with E-state index < -0.39 is 0 Å². The van der Waals surface area contributed by atoms with Crippen molar-refractivity contribution in [2.24, 2.45) is 0 Å². The van der Waals surface area contributed by atoms with Gasteiger partial charge < -0.3 is 16.0 Å². The Morgan fingerprint density at radius 3 is 2.42 bits per heavy atom. The second-order valence-corrected chi connectivity index (χ2v) is 7.76. The standard InChI is InChI=1S/C21H31N3O2/c25-19(23-16-21(13-14-21)17-8-3-1-4-9-17)12-7-15-22-20(26)24-18-10-5-2-6-11-18/h1,3-4,8-9,18H,2,5-7,10-16H2,(H,23,25)(H2,22,24,26). The highest BCUT2D eigenvalue weighted by atomic mass is 16.2. The molecule has 1 aromatic carbocycles. The number of urea groups is 1. The van der Waals surface area contributed by atoms with Crippen molar-refractivity contribution >= 4 is 11.9 Å². The number of benzene rings is 1. The van der Waals surface area contributed by atoms with Crippen LogP contribution in [0.25, 0.3) is 0 Å². The number of amides is 3. The molecule has 0 spiro atoms. The third-order valence-electron chi connectivity index (χ3n) is 5.67. The quantitative estimate of drug-likeness (QED) is 0.625. The van der Waals surface area contributed by atoms with E-state index in [2.05, 4.69) is 40.2 Å². The number of hydrogen-bond donors (Lipinski definition) is 3. The van der Waals surface area contributed by atoms with Crippen molar-refractivity contribution in [1.29, 1.82) is 0 Å². The summed E-state index contributed by atoms with van der Waals surface area (Å²) in [5, 5.41) is 8.96. The third kappa shape index (κ3) is 5.48. The van der Waals surface area contributed by atoms with Gasteiger partial charge in [-0.3, -0.25) is 4.79 Å². The Hall–Kier alpha value is -2.04. The van der Waals surface area contributed by atoms with Crippen LogP contribution in [0, 0.1) is 0 Å². The van der Waals surface area contributed by atoms with Crippen molar-refractivity contribution < 1.29 is 9.59 Å². The molecule has 0 bridgehead atoms. The predicted octanol–water partition coefficient (Wildman–Crippen LogP) is 3.25. The van der Waals surface area contributed by atoms with E-state index in [4.69, 9.17) is 0 Å². The molecule has 0 saturated heterocycles. The van der Waals surface area contributed by atoms with Crippen LogP contribution in [-0.4, -0.2) is 31.1 Å². The van der Waals surface area contributed by atoms with Gasteiger partial charge in [0.2, 0.25) is 5.91 Å². The first-order valence-electron chi connectivity index (χ1n) is 10.0. The maximum Gasteiger partial charge on any atom is 0.315 e. The van der Waals surface area contributed by atoms with Gasteiger partial charge in [-0.2, -0.15) is 0 Å². The molecule has 142 valence electrons. The summed E-state index contributed by atoms with van der Waals surface area (Å²) in [7, 11) is 0. The number of carbonyl (C=O) groups excluding carboxylic acids is 2. The molecule has 0 aliphatic heterocycles. The summed E-state index contributed by atoms with van der Waals surface area (Å²) in [6, 6.07) is 10.7. The first-order valence-corrected chi connectivity index (χ1v) is 10.0. The maximum absolute atomic E-state index is 12.1. The first kappa shape index (κ1) is 18.7. The van der Waals surface area contributed by atoms with Gasteiger partial charge in [-0.15, -0.1) is 0 Å². The van der Waals surface area contributed by atoms with Gasteiger partial charge in [-0.1, -0.05) is 49.6 Å². The molecular formula is C21H31N3O2. The van der Waals surface area contributed by atoms with Crippen LogP contribution in [0.2, 0.25) is 0 Å². The normalized spacial score (nSPS) is 18.8. The van der Waals surface area contributed by atoms with Crippen molar-refractivity contribution in [2.75, 3.05) is 13.1 Å². The summed E-state index contributed by atoms with van der Waals surface area (Å²) >= 11 is 0. The van der Waals surface area contributed by atoms with E-state index in [0.717, 1.165) is 25.7 Å². The lowest BCUT2D eigenvalue weighted by atomic mass is 9.96. The van der Waals surface area contributed by atoms with E-state index in [0.29, 0.717) is 32.0 Å². The van der Waals surface area contributed by atoms with E-state index >= 15 is 0 Å². The van der Waals surface area contributed by atoms with Crippen molar-refractivity contribution in [3.63, 3.8) is 0 Å². The topological polar surface area (TPSA) is 70.2 Å².